The van der Waals surface area contributed by atoms with Crippen molar-refractivity contribution in [1.29, 1.82) is 0 Å². The van der Waals surface area contributed by atoms with E-state index in [1.165, 1.54) is 0 Å². The summed E-state index contributed by atoms with van der Waals surface area (Å²) >= 11 is 5.59. The molecule has 2 aromatic rings. The van der Waals surface area contributed by atoms with Crippen LogP contribution in [-0.2, 0) is 0 Å². The quantitative estimate of drug-likeness (QED) is 0.560. The van der Waals surface area contributed by atoms with Gasteiger partial charge >= 0.3 is 0 Å². The molecule has 0 saturated heterocycles. The van der Waals surface area contributed by atoms with E-state index >= 15 is 0 Å². The maximum Gasteiger partial charge on any atom is 0.101 e. The third-order valence-electron chi connectivity index (χ3n) is 2.05. The van der Waals surface area contributed by atoms with Gasteiger partial charge in [-0.05, 0) is 69.2 Å². The summed E-state index contributed by atoms with van der Waals surface area (Å²) in [5, 5.41) is 0. The molecule has 0 aliphatic carbocycles. The molecule has 2 nitrogen and oxygen atoms in total. The number of halogens is 2. The number of pyridine rings is 2. The normalized spacial score (nSPS) is 10.3. The third-order valence-corrected chi connectivity index (χ3v) is 3.12. The van der Waals surface area contributed by atoms with Crippen LogP contribution in [0.25, 0.3) is 11.3 Å². The number of aromatic nitrogens is 2. The monoisotopic (exact) mass is 374 g/mol. The Hall–Kier alpha value is -0.490. The molecule has 0 aliphatic rings. The highest BCUT2D eigenvalue weighted by Gasteiger charge is 2.04. The van der Waals surface area contributed by atoms with Gasteiger partial charge in [-0.15, -0.1) is 0 Å². The van der Waals surface area contributed by atoms with E-state index in [0.29, 0.717) is 0 Å². The summed E-state index contributed by atoms with van der Waals surface area (Å²) in [6.07, 6.45) is 3.66. The van der Waals surface area contributed by atoms with Crippen molar-refractivity contribution in [2.75, 3.05) is 0 Å². The molecule has 0 unspecified atom stereocenters. The fraction of sp³-hybridized carbons (Fsp3) is 0.0909. The van der Waals surface area contributed by atoms with E-state index in [-0.39, 0.29) is 0 Å². The zero-order chi connectivity index (χ0) is 10.8. The molecular weight excluding hydrogens is 367 g/mol. The lowest BCUT2D eigenvalue weighted by Gasteiger charge is -2.04. The van der Waals surface area contributed by atoms with Crippen LogP contribution in [0, 0.1) is 10.6 Å². The molecule has 0 atom stereocenters. The second-order valence-corrected chi connectivity index (χ2v) is 5.21. The van der Waals surface area contributed by atoms with Gasteiger partial charge in [-0.3, -0.25) is 4.98 Å². The minimum Gasteiger partial charge on any atom is -0.255 e. The highest BCUT2D eigenvalue weighted by atomic mass is 127. The Kier molecular flexibility index (Phi) is 3.35. The summed E-state index contributed by atoms with van der Waals surface area (Å²) in [7, 11) is 0. The van der Waals surface area contributed by atoms with Crippen molar-refractivity contribution in [3.8, 4) is 11.3 Å². The molecule has 2 rings (SSSR count). The first-order valence-corrected chi connectivity index (χ1v) is 6.28. The van der Waals surface area contributed by atoms with Crippen LogP contribution in [0.15, 0.2) is 35.1 Å². The topological polar surface area (TPSA) is 25.8 Å². The number of rotatable bonds is 1. The van der Waals surface area contributed by atoms with Crippen molar-refractivity contribution in [3.05, 3.63) is 44.3 Å². The van der Waals surface area contributed by atoms with Crippen LogP contribution in [0.3, 0.4) is 0 Å². The molecule has 2 aromatic heterocycles. The van der Waals surface area contributed by atoms with Crippen LogP contribution >= 0.6 is 38.5 Å². The van der Waals surface area contributed by atoms with Crippen LogP contribution in [0.5, 0.6) is 0 Å². The summed E-state index contributed by atoms with van der Waals surface area (Å²) in [6.45, 7) is 2.05. The molecule has 2 heterocycles. The van der Waals surface area contributed by atoms with Crippen molar-refractivity contribution in [2.24, 2.45) is 0 Å². The van der Waals surface area contributed by atoms with E-state index < -0.39 is 0 Å². The van der Waals surface area contributed by atoms with Gasteiger partial charge in [0.05, 0.1) is 5.69 Å². The minimum atomic E-state index is 0.988. The van der Waals surface area contributed by atoms with Crippen LogP contribution in [0.4, 0.5) is 0 Å². The summed E-state index contributed by atoms with van der Waals surface area (Å²) in [5.74, 6) is 0. The Labute approximate surface area is 110 Å². The average Bonchev–Trinajstić information content (AvgIpc) is 2.20. The second kappa shape index (κ2) is 4.57. The predicted octanol–water partition coefficient (Wildman–Crippen LogP) is 3.82. The van der Waals surface area contributed by atoms with Crippen LogP contribution in [-0.4, -0.2) is 9.97 Å². The molecule has 76 valence electrons. The lowest BCUT2D eigenvalue weighted by molar-refractivity contribution is 1.22. The molecule has 0 aromatic carbocycles. The fourth-order valence-corrected chi connectivity index (χ4v) is 2.12. The molecule has 4 heteroatoms. The lowest BCUT2D eigenvalue weighted by atomic mass is 10.1. The largest absolute Gasteiger partial charge is 0.255 e. The maximum absolute atomic E-state index is 4.39. The van der Waals surface area contributed by atoms with Gasteiger partial charge in [-0.1, -0.05) is 0 Å². The molecule has 0 aliphatic heterocycles. The van der Waals surface area contributed by atoms with Gasteiger partial charge in [-0.2, -0.15) is 0 Å². The van der Waals surface area contributed by atoms with E-state index in [9.17, 15) is 0 Å². The Balaban J connectivity index is 2.49. The molecule has 0 spiro atoms. The Bertz CT molecular complexity index is 482. The molecule has 15 heavy (non-hydrogen) atoms. The fourth-order valence-electron chi connectivity index (χ4n) is 1.36. The van der Waals surface area contributed by atoms with Crippen molar-refractivity contribution < 1.29 is 0 Å². The molecule has 0 bridgehead atoms. The number of aryl methyl sites for hydroxylation is 1. The standard InChI is InChI=1S/C11H8BrIN2/c1-7-4-9(12)6-15-11(7)8-2-3-10(13)14-5-8/h2-6H,1H3. The highest BCUT2D eigenvalue weighted by molar-refractivity contribution is 14.1. The van der Waals surface area contributed by atoms with Gasteiger partial charge < -0.3 is 0 Å². The Morgan fingerprint density at radius 2 is 2.00 bits per heavy atom. The first kappa shape index (κ1) is 11.0. The molecule has 0 fully saturated rings. The number of hydrogen-bond donors (Lipinski definition) is 0. The summed E-state index contributed by atoms with van der Waals surface area (Å²) in [5.41, 5.74) is 3.19. The average molecular weight is 375 g/mol. The molecule has 0 amide bonds. The lowest BCUT2D eigenvalue weighted by Crippen LogP contribution is -1.89. The highest BCUT2D eigenvalue weighted by Crippen LogP contribution is 2.22. The first-order chi connectivity index (χ1) is 7.16. The van der Waals surface area contributed by atoms with E-state index in [4.69, 9.17) is 0 Å². The SMILES string of the molecule is Cc1cc(Br)cnc1-c1ccc(I)nc1. The van der Waals surface area contributed by atoms with E-state index in [1.54, 1.807) is 6.20 Å². The summed E-state index contributed by atoms with van der Waals surface area (Å²) in [4.78, 5) is 8.64. The van der Waals surface area contributed by atoms with Gasteiger partial charge in [0, 0.05) is 22.4 Å². The molecule has 0 radical (unpaired) electrons. The summed E-state index contributed by atoms with van der Waals surface area (Å²) < 4.78 is 1.99. The predicted molar refractivity (Wildman–Crippen MR) is 72.6 cm³/mol. The number of hydrogen-bond acceptors (Lipinski definition) is 2. The van der Waals surface area contributed by atoms with Gasteiger partial charge in [0.15, 0.2) is 0 Å². The van der Waals surface area contributed by atoms with Crippen molar-refractivity contribution in [2.45, 2.75) is 6.92 Å². The van der Waals surface area contributed by atoms with Crippen LogP contribution in [0.1, 0.15) is 5.56 Å². The minimum absolute atomic E-state index is 0.988. The van der Waals surface area contributed by atoms with E-state index in [1.807, 2.05) is 25.3 Å². The smallest absolute Gasteiger partial charge is 0.101 e. The second-order valence-electron chi connectivity index (χ2n) is 3.19. The van der Waals surface area contributed by atoms with Crippen molar-refractivity contribution in [3.63, 3.8) is 0 Å². The summed E-state index contributed by atoms with van der Waals surface area (Å²) in [6, 6.07) is 6.08. The third kappa shape index (κ3) is 2.55. The van der Waals surface area contributed by atoms with Gasteiger partial charge in [0.1, 0.15) is 3.70 Å². The van der Waals surface area contributed by atoms with Crippen LogP contribution < -0.4 is 0 Å². The first-order valence-electron chi connectivity index (χ1n) is 4.41. The Morgan fingerprint density at radius 1 is 1.20 bits per heavy atom. The van der Waals surface area contributed by atoms with Crippen molar-refractivity contribution >= 4 is 38.5 Å². The maximum atomic E-state index is 4.39. The van der Waals surface area contributed by atoms with Crippen molar-refractivity contribution in [1.82, 2.24) is 9.97 Å². The molecule has 0 saturated carbocycles. The van der Waals surface area contributed by atoms with Gasteiger partial charge in [0.25, 0.3) is 0 Å². The number of nitrogens with zero attached hydrogens (tertiary/aromatic N) is 2. The molecular formula is C11H8BrIN2. The zero-order valence-corrected chi connectivity index (χ0v) is 11.8. The van der Waals surface area contributed by atoms with E-state index in [2.05, 4.69) is 54.6 Å². The van der Waals surface area contributed by atoms with E-state index in [0.717, 1.165) is 25.0 Å². The van der Waals surface area contributed by atoms with Gasteiger partial charge in [-0.25, -0.2) is 4.98 Å². The van der Waals surface area contributed by atoms with Crippen LogP contribution in [0.2, 0.25) is 0 Å². The van der Waals surface area contributed by atoms with Gasteiger partial charge in [0.2, 0.25) is 0 Å². The zero-order valence-electron chi connectivity index (χ0n) is 8.04. The molecule has 0 N–H and O–H groups in total. The Morgan fingerprint density at radius 3 is 2.60 bits per heavy atom.